The molecule has 2 aromatic carbocycles. The van der Waals surface area contributed by atoms with Crippen LogP contribution in [0.25, 0.3) is 0 Å². The van der Waals surface area contributed by atoms with E-state index in [0.717, 1.165) is 0 Å². The number of nitrogens with one attached hydrogen (secondary N) is 2. The maximum atomic E-state index is 11.9. The van der Waals surface area contributed by atoms with Gasteiger partial charge in [0.2, 0.25) is 5.91 Å². The predicted molar refractivity (Wildman–Crippen MR) is 102 cm³/mol. The Hall–Kier alpha value is -3.35. The summed E-state index contributed by atoms with van der Waals surface area (Å²) < 4.78 is 5.46. The van der Waals surface area contributed by atoms with Crippen molar-refractivity contribution >= 4 is 29.2 Å². The largest absolute Gasteiger partial charge is 0.484 e. The number of anilines is 2. The highest BCUT2D eigenvalue weighted by molar-refractivity contribution is 5.92. The first kappa shape index (κ1) is 20.0. The van der Waals surface area contributed by atoms with Crippen LogP contribution in [0, 0.1) is 0 Å². The van der Waals surface area contributed by atoms with Crippen molar-refractivity contribution < 1.29 is 24.2 Å². The number of rotatable bonds is 10. The third-order valence-electron chi connectivity index (χ3n) is 3.59. The number of aliphatic carboxylic acids is 1. The molecule has 3 N–H and O–H groups in total. The zero-order valence-corrected chi connectivity index (χ0v) is 14.8. The van der Waals surface area contributed by atoms with E-state index in [9.17, 15) is 14.4 Å². The SMILES string of the molecule is O=C(O)CCCCC(=O)Nc1cccc(OCC(=O)Nc2ccccc2)c1. The summed E-state index contributed by atoms with van der Waals surface area (Å²) in [6, 6.07) is 15.8. The Kier molecular flexibility index (Phi) is 7.84. The van der Waals surface area contributed by atoms with Gasteiger partial charge in [-0.15, -0.1) is 0 Å². The van der Waals surface area contributed by atoms with Crippen LogP contribution in [0.5, 0.6) is 5.75 Å². The molecule has 0 aliphatic heterocycles. The zero-order valence-electron chi connectivity index (χ0n) is 14.8. The summed E-state index contributed by atoms with van der Waals surface area (Å²) in [6.07, 6.45) is 1.27. The molecule has 0 aliphatic carbocycles. The summed E-state index contributed by atoms with van der Waals surface area (Å²) in [6.45, 7) is -0.151. The van der Waals surface area contributed by atoms with E-state index in [1.165, 1.54) is 0 Å². The number of hydrogen-bond donors (Lipinski definition) is 3. The van der Waals surface area contributed by atoms with Gasteiger partial charge in [-0.1, -0.05) is 24.3 Å². The normalized spacial score (nSPS) is 10.1. The highest BCUT2D eigenvalue weighted by Crippen LogP contribution is 2.18. The molecular weight excluding hydrogens is 348 g/mol. The number of carboxylic acids is 1. The first-order valence-corrected chi connectivity index (χ1v) is 8.62. The molecule has 27 heavy (non-hydrogen) atoms. The molecule has 2 amide bonds. The fourth-order valence-corrected chi connectivity index (χ4v) is 2.32. The average Bonchev–Trinajstić information content (AvgIpc) is 2.65. The van der Waals surface area contributed by atoms with Gasteiger partial charge in [-0.2, -0.15) is 0 Å². The van der Waals surface area contributed by atoms with E-state index in [0.29, 0.717) is 30.0 Å². The number of unbranched alkanes of at least 4 members (excludes halogenated alkanes) is 1. The van der Waals surface area contributed by atoms with E-state index in [-0.39, 0.29) is 31.3 Å². The quantitative estimate of drug-likeness (QED) is 0.557. The minimum Gasteiger partial charge on any atom is -0.484 e. The number of para-hydroxylation sites is 1. The van der Waals surface area contributed by atoms with E-state index in [2.05, 4.69) is 10.6 Å². The number of benzene rings is 2. The van der Waals surface area contributed by atoms with Crippen molar-refractivity contribution in [2.45, 2.75) is 25.7 Å². The van der Waals surface area contributed by atoms with Gasteiger partial charge >= 0.3 is 5.97 Å². The van der Waals surface area contributed by atoms with Crippen LogP contribution in [-0.2, 0) is 14.4 Å². The number of ether oxygens (including phenoxy) is 1. The number of amides is 2. The second-order valence-corrected chi connectivity index (χ2v) is 5.88. The van der Waals surface area contributed by atoms with Gasteiger partial charge in [-0.3, -0.25) is 14.4 Å². The van der Waals surface area contributed by atoms with Crippen LogP contribution < -0.4 is 15.4 Å². The van der Waals surface area contributed by atoms with Crippen LogP contribution in [-0.4, -0.2) is 29.5 Å². The molecule has 2 aromatic rings. The van der Waals surface area contributed by atoms with Gasteiger partial charge in [0.15, 0.2) is 6.61 Å². The molecule has 7 nitrogen and oxygen atoms in total. The second kappa shape index (κ2) is 10.6. The van der Waals surface area contributed by atoms with Crippen LogP contribution in [0.4, 0.5) is 11.4 Å². The van der Waals surface area contributed by atoms with Crippen molar-refractivity contribution in [3.05, 3.63) is 54.6 Å². The molecule has 0 aliphatic rings. The highest BCUT2D eigenvalue weighted by Gasteiger charge is 2.07. The lowest BCUT2D eigenvalue weighted by Crippen LogP contribution is -2.20. The summed E-state index contributed by atoms with van der Waals surface area (Å²) in [5.41, 5.74) is 1.24. The average molecular weight is 370 g/mol. The maximum Gasteiger partial charge on any atom is 0.303 e. The number of carbonyl (C=O) groups excluding carboxylic acids is 2. The molecule has 7 heteroatoms. The molecule has 0 unspecified atom stereocenters. The molecule has 0 fully saturated rings. The first-order valence-electron chi connectivity index (χ1n) is 8.62. The molecule has 0 spiro atoms. The molecule has 0 saturated carbocycles. The van der Waals surface area contributed by atoms with Gasteiger partial charge in [0.05, 0.1) is 0 Å². The van der Waals surface area contributed by atoms with Gasteiger partial charge in [0.25, 0.3) is 5.91 Å². The fourth-order valence-electron chi connectivity index (χ4n) is 2.32. The molecule has 0 heterocycles. The first-order chi connectivity index (χ1) is 13.0. The molecular formula is C20H22N2O5. The van der Waals surface area contributed by atoms with Crippen LogP contribution in [0.3, 0.4) is 0 Å². The Morgan fingerprint density at radius 1 is 0.815 bits per heavy atom. The lowest BCUT2D eigenvalue weighted by molar-refractivity contribution is -0.137. The molecule has 0 aromatic heterocycles. The third kappa shape index (κ3) is 8.04. The van der Waals surface area contributed by atoms with E-state index in [1.54, 1.807) is 36.4 Å². The fraction of sp³-hybridized carbons (Fsp3) is 0.250. The van der Waals surface area contributed by atoms with Crippen molar-refractivity contribution in [2.75, 3.05) is 17.2 Å². The standard InChI is InChI=1S/C20H22N2O5/c23-18(11-4-5-12-20(25)26)22-16-9-6-10-17(13-16)27-14-19(24)21-15-7-2-1-3-8-15/h1-3,6-10,13H,4-5,11-12,14H2,(H,21,24)(H,22,23)(H,25,26). The minimum atomic E-state index is -0.864. The number of carboxylic acid groups (broad SMARTS) is 1. The summed E-state index contributed by atoms with van der Waals surface area (Å²) in [5.74, 6) is -0.883. The Labute approximate surface area is 157 Å². The lowest BCUT2D eigenvalue weighted by atomic mass is 10.2. The van der Waals surface area contributed by atoms with Gasteiger partial charge < -0.3 is 20.5 Å². The van der Waals surface area contributed by atoms with Gasteiger partial charge in [0.1, 0.15) is 5.75 Å². The van der Waals surface area contributed by atoms with Crippen molar-refractivity contribution in [3.63, 3.8) is 0 Å². The van der Waals surface area contributed by atoms with E-state index in [4.69, 9.17) is 9.84 Å². The predicted octanol–water partition coefficient (Wildman–Crippen LogP) is 3.29. The monoisotopic (exact) mass is 370 g/mol. The number of carbonyl (C=O) groups is 3. The van der Waals surface area contributed by atoms with Crippen molar-refractivity contribution in [3.8, 4) is 5.75 Å². The Morgan fingerprint density at radius 3 is 2.22 bits per heavy atom. The Balaban J connectivity index is 1.76. The topological polar surface area (TPSA) is 105 Å². The third-order valence-corrected chi connectivity index (χ3v) is 3.59. The molecule has 2 rings (SSSR count). The van der Waals surface area contributed by atoms with Crippen molar-refractivity contribution in [1.29, 1.82) is 0 Å². The molecule has 142 valence electrons. The Morgan fingerprint density at radius 2 is 1.48 bits per heavy atom. The van der Waals surface area contributed by atoms with Crippen LogP contribution in [0.1, 0.15) is 25.7 Å². The van der Waals surface area contributed by atoms with Crippen LogP contribution in [0.2, 0.25) is 0 Å². The minimum absolute atomic E-state index is 0.0572. The zero-order chi connectivity index (χ0) is 19.5. The van der Waals surface area contributed by atoms with Gasteiger partial charge in [0, 0.05) is 30.3 Å². The van der Waals surface area contributed by atoms with E-state index >= 15 is 0 Å². The molecule has 0 saturated heterocycles. The summed E-state index contributed by atoms with van der Waals surface area (Å²) in [7, 11) is 0. The molecule has 0 radical (unpaired) electrons. The van der Waals surface area contributed by atoms with Gasteiger partial charge in [-0.25, -0.2) is 0 Å². The maximum absolute atomic E-state index is 11.9. The van der Waals surface area contributed by atoms with E-state index in [1.807, 2.05) is 18.2 Å². The van der Waals surface area contributed by atoms with Crippen LogP contribution >= 0.6 is 0 Å². The van der Waals surface area contributed by atoms with Crippen molar-refractivity contribution in [1.82, 2.24) is 0 Å². The smallest absolute Gasteiger partial charge is 0.303 e. The second-order valence-electron chi connectivity index (χ2n) is 5.88. The highest BCUT2D eigenvalue weighted by atomic mass is 16.5. The Bertz CT molecular complexity index is 777. The number of hydrogen-bond acceptors (Lipinski definition) is 4. The van der Waals surface area contributed by atoms with Crippen molar-refractivity contribution in [2.24, 2.45) is 0 Å². The molecule has 0 bridgehead atoms. The lowest BCUT2D eigenvalue weighted by Gasteiger charge is -2.10. The van der Waals surface area contributed by atoms with E-state index < -0.39 is 5.97 Å². The summed E-state index contributed by atoms with van der Waals surface area (Å²) in [5, 5.41) is 14.0. The summed E-state index contributed by atoms with van der Waals surface area (Å²) in [4.78, 5) is 34.2. The molecule has 0 atom stereocenters. The summed E-state index contributed by atoms with van der Waals surface area (Å²) >= 11 is 0. The van der Waals surface area contributed by atoms with Gasteiger partial charge in [-0.05, 0) is 37.1 Å². The van der Waals surface area contributed by atoms with Crippen LogP contribution in [0.15, 0.2) is 54.6 Å².